The first-order chi connectivity index (χ1) is 10.7. The lowest BCUT2D eigenvalue weighted by Crippen LogP contribution is -2.40. The number of hydrogen-bond acceptors (Lipinski definition) is 4. The van der Waals surface area contributed by atoms with Gasteiger partial charge in [0, 0.05) is 40.4 Å². The van der Waals surface area contributed by atoms with Crippen molar-refractivity contribution in [3.8, 4) is 0 Å². The molecule has 2 fully saturated rings. The van der Waals surface area contributed by atoms with Gasteiger partial charge in [0.25, 0.3) is 0 Å². The molecule has 7 nitrogen and oxygen atoms in total. The van der Waals surface area contributed by atoms with E-state index >= 15 is 0 Å². The average Bonchev–Trinajstić information content (AvgIpc) is 3.24. The maximum atomic E-state index is 5.53. The van der Waals surface area contributed by atoms with Crippen LogP contribution in [0.1, 0.15) is 24.5 Å². The van der Waals surface area contributed by atoms with Crippen LogP contribution in [0.4, 0.5) is 0 Å². The summed E-state index contributed by atoms with van der Waals surface area (Å²) in [5.74, 6) is 4.28. The van der Waals surface area contributed by atoms with Gasteiger partial charge in [0.15, 0.2) is 11.8 Å². The highest BCUT2D eigenvalue weighted by Crippen LogP contribution is 2.29. The fourth-order valence-corrected chi connectivity index (χ4v) is 3.38. The number of ether oxygens (including phenoxy) is 1. The molecule has 3 rings (SSSR count). The van der Waals surface area contributed by atoms with Crippen LogP contribution in [-0.4, -0.2) is 59.0 Å². The van der Waals surface area contributed by atoms with Crippen molar-refractivity contribution in [3.05, 3.63) is 11.6 Å². The van der Waals surface area contributed by atoms with Gasteiger partial charge in [0.1, 0.15) is 5.82 Å². The van der Waals surface area contributed by atoms with Crippen LogP contribution in [0.25, 0.3) is 0 Å². The molecule has 0 spiro atoms. The van der Waals surface area contributed by atoms with Crippen molar-refractivity contribution in [2.24, 2.45) is 23.9 Å². The Morgan fingerprint density at radius 2 is 2.23 bits per heavy atom. The minimum Gasteiger partial charge on any atom is -0.381 e. The molecule has 0 amide bonds. The van der Waals surface area contributed by atoms with E-state index < -0.39 is 0 Å². The second-order valence-corrected chi connectivity index (χ2v) is 6.24. The first kappa shape index (κ1) is 15.3. The summed E-state index contributed by atoms with van der Waals surface area (Å²) in [6.45, 7) is 6.62. The molecule has 0 bridgehead atoms. The smallest absolute Gasteiger partial charge is 0.194 e. The van der Waals surface area contributed by atoms with E-state index in [1.54, 1.807) is 0 Å². The third-order valence-electron chi connectivity index (χ3n) is 4.95. The molecule has 22 heavy (non-hydrogen) atoms. The highest BCUT2D eigenvalue weighted by Gasteiger charge is 2.32. The van der Waals surface area contributed by atoms with Crippen molar-refractivity contribution in [3.63, 3.8) is 0 Å². The molecule has 0 radical (unpaired) electrons. The van der Waals surface area contributed by atoms with Crippen molar-refractivity contribution in [1.29, 1.82) is 0 Å². The average molecular weight is 306 g/mol. The van der Waals surface area contributed by atoms with Crippen LogP contribution < -0.4 is 5.32 Å². The summed E-state index contributed by atoms with van der Waals surface area (Å²) in [5, 5.41) is 11.7. The van der Waals surface area contributed by atoms with Crippen LogP contribution in [-0.2, 0) is 18.3 Å². The highest BCUT2D eigenvalue weighted by molar-refractivity contribution is 5.80. The summed E-state index contributed by atoms with van der Waals surface area (Å²) >= 11 is 0. The lowest BCUT2D eigenvalue weighted by molar-refractivity contribution is 0.173. The molecule has 2 saturated heterocycles. The summed E-state index contributed by atoms with van der Waals surface area (Å²) in [6.07, 6.45) is 2.44. The standard InChI is InChI=1S/C15H26N6O/c1-11-18-19-14(20(11)3)8-17-15(16-2)21-6-4-12(9-21)13-5-7-22-10-13/h12-13H,4-10H2,1-3H3,(H,16,17). The van der Waals surface area contributed by atoms with E-state index in [-0.39, 0.29) is 0 Å². The van der Waals surface area contributed by atoms with Crippen LogP contribution in [0.3, 0.4) is 0 Å². The molecule has 7 heteroatoms. The Kier molecular flexibility index (Phi) is 4.61. The minimum absolute atomic E-state index is 0.651. The third-order valence-corrected chi connectivity index (χ3v) is 4.95. The number of aliphatic imine (C=N–C) groups is 1. The van der Waals surface area contributed by atoms with Crippen LogP contribution in [0.5, 0.6) is 0 Å². The number of nitrogens with one attached hydrogen (secondary N) is 1. The normalized spacial score (nSPS) is 26.0. The lowest BCUT2D eigenvalue weighted by Gasteiger charge is -2.22. The van der Waals surface area contributed by atoms with Gasteiger partial charge in [-0.3, -0.25) is 4.99 Å². The second kappa shape index (κ2) is 6.64. The monoisotopic (exact) mass is 306 g/mol. The summed E-state index contributed by atoms with van der Waals surface area (Å²) in [5.41, 5.74) is 0. The quantitative estimate of drug-likeness (QED) is 0.653. The van der Waals surface area contributed by atoms with Crippen molar-refractivity contribution in [2.75, 3.05) is 33.4 Å². The maximum absolute atomic E-state index is 5.53. The molecule has 3 heterocycles. The van der Waals surface area contributed by atoms with Crippen LogP contribution >= 0.6 is 0 Å². The van der Waals surface area contributed by atoms with E-state index in [1.807, 2.05) is 25.6 Å². The van der Waals surface area contributed by atoms with E-state index in [1.165, 1.54) is 12.8 Å². The number of aryl methyl sites for hydroxylation is 1. The molecular weight excluding hydrogens is 280 g/mol. The molecule has 0 aromatic carbocycles. The Labute approximate surface area is 131 Å². The first-order valence-electron chi connectivity index (χ1n) is 8.07. The fourth-order valence-electron chi connectivity index (χ4n) is 3.38. The van der Waals surface area contributed by atoms with Gasteiger partial charge < -0.3 is 19.5 Å². The molecule has 0 saturated carbocycles. The molecule has 2 unspecified atom stereocenters. The Bertz CT molecular complexity index is 534. The van der Waals surface area contributed by atoms with Gasteiger partial charge in [-0.15, -0.1) is 10.2 Å². The largest absolute Gasteiger partial charge is 0.381 e. The van der Waals surface area contributed by atoms with Crippen LogP contribution in [0.2, 0.25) is 0 Å². The van der Waals surface area contributed by atoms with E-state index in [0.29, 0.717) is 6.54 Å². The summed E-state index contributed by atoms with van der Waals surface area (Å²) < 4.78 is 7.53. The van der Waals surface area contributed by atoms with Gasteiger partial charge in [-0.2, -0.15) is 0 Å². The number of hydrogen-bond donors (Lipinski definition) is 1. The SMILES string of the molecule is CN=C(NCc1nnc(C)n1C)N1CCC(C2CCOC2)C1. The van der Waals surface area contributed by atoms with E-state index in [0.717, 1.165) is 55.7 Å². The van der Waals surface area contributed by atoms with Crippen LogP contribution in [0.15, 0.2) is 4.99 Å². The molecule has 1 aromatic heterocycles. The summed E-state index contributed by atoms with van der Waals surface area (Å²) in [6, 6.07) is 0. The Morgan fingerprint density at radius 3 is 2.86 bits per heavy atom. The molecule has 0 aliphatic carbocycles. The zero-order valence-corrected chi connectivity index (χ0v) is 13.7. The Morgan fingerprint density at radius 1 is 1.36 bits per heavy atom. The summed E-state index contributed by atoms with van der Waals surface area (Å²) in [4.78, 5) is 6.78. The molecule has 2 aliphatic rings. The Balaban J connectivity index is 1.55. The number of nitrogens with zero attached hydrogens (tertiary/aromatic N) is 5. The Hall–Kier alpha value is -1.63. The van der Waals surface area contributed by atoms with Gasteiger partial charge in [-0.25, -0.2) is 0 Å². The van der Waals surface area contributed by atoms with Gasteiger partial charge in [-0.05, 0) is 31.6 Å². The number of likely N-dealkylation sites (tertiary alicyclic amines) is 1. The number of aromatic nitrogens is 3. The van der Waals surface area contributed by atoms with Gasteiger partial charge in [0.2, 0.25) is 0 Å². The van der Waals surface area contributed by atoms with Crippen molar-refractivity contribution in [1.82, 2.24) is 25.0 Å². The van der Waals surface area contributed by atoms with E-state index in [9.17, 15) is 0 Å². The molecule has 1 aromatic rings. The summed E-state index contributed by atoms with van der Waals surface area (Å²) in [7, 11) is 3.83. The molecular formula is C15H26N6O. The van der Waals surface area contributed by atoms with Gasteiger partial charge in [-0.1, -0.05) is 0 Å². The highest BCUT2D eigenvalue weighted by atomic mass is 16.5. The molecule has 122 valence electrons. The van der Waals surface area contributed by atoms with Gasteiger partial charge in [0.05, 0.1) is 6.54 Å². The van der Waals surface area contributed by atoms with Crippen LogP contribution in [0, 0.1) is 18.8 Å². The third kappa shape index (κ3) is 3.09. The molecule has 2 aliphatic heterocycles. The zero-order chi connectivity index (χ0) is 15.5. The topological polar surface area (TPSA) is 67.6 Å². The van der Waals surface area contributed by atoms with Gasteiger partial charge >= 0.3 is 0 Å². The number of rotatable bonds is 3. The fraction of sp³-hybridized carbons (Fsp3) is 0.800. The predicted molar refractivity (Wildman–Crippen MR) is 84.5 cm³/mol. The van der Waals surface area contributed by atoms with Crippen molar-refractivity contribution >= 4 is 5.96 Å². The van der Waals surface area contributed by atoms with E-state index in [2.05, 4.69) is 25.4 Å². The second-order valence-electron chi connectivity index (χ2n) is 6.24. The first-order valence-corrected chi connectivity index (χ1v) is 8.07. The number of guanidine groups is 1. The molecule has 1 N–H and O–H groups in total. The molecule has 2 atom stereocenters. The maximum Gasteiger partial charge on any atom is 0.194 e. The van der Waals surface area contributed by atoms with E-state index in [4.69, 9.17) is 4.74 Å². The van der Waals surface area contributed by atoms with Crippen molar-refractivity contribution < 1.29 is 4.74 Å². The minimum atomic E-state index is 0.651. The lowest BCUT2D eigenvalue weighted by atomic mass is 9.91. The van der Waals surface area contributed by atoms with Crippen molar-refractivity contribution in [2.45, 2.75) is 26.3 Å². The zero-order valence-electron chi connectivity index (χ0n) is 13.7. The predicted octanol–water partition coefficient (Wildman–Crippen LogP) is 0.557.